The summed E-state index contributed by atoms with van der Waals surface area (Å²) in [5.74, 6) is 0.696. The molecule has 0 aliphatic heterocycles. The van der Waals surface area contributed by atoms with E-state index in [0.717, 1.165) is 42.6 Å². The molecule has 1 aliphatic rings. The molecule has 0 fully saturated rings. The molecule has 0 unspecified atom stereocenters. The number of hydrogen-bond donors (Lipinski definition) is 4. The summed E-state index contributed by atoms with van der Waals surface area (Å²) in [5, 5.41) is 3.01. The summed E-state index contributed by atoms with van der Waals surface area (Å²) in [6.07, 6.45) is 3.78. The van der Waals surface area contributed by atoms with E-state index in [9.17, 15) is 4.79 Å². The van der Waals surface area contributed by atoms with E-state index in [1.807, 2.05) is 30.3 Å². The average molecular weight is 284 g/mol. The number of hydrogen-bond acceptors (Lipinski definition) is 2. The molecular formula is C15H18N5O+. The van der Waals surface area contributed by atoms with Gasteiger partial charge in [0.05, 0.1) is 16.9 Å². The van der Waals surface area contributed by atoms with E-state index >= 15 is 0 Å². The van der Waals surface area contributed by atoms with Crippen molar-refractivity contribution in [2.24, 2.45) is 5.73 Å². The molecule has 0 amide bonds. The van der Waals surface area contributed by atoms with Crippen LogP contribution in [0.3, 0.4) is 0 Å². The normalized spacial score (nSPS) is 14.6. The third-order valence-electron chi connectivity index (χ3n) is 3.50. The number of aromatic nitrogens is 2. The number of nitrogens with two attached hydrogens (primary N) is 1. The molecular weight excluding hydrogens is 266 g/mol. The first-order chi connectivity index (χ1) is 10.2. The van der Waals surface area contributed by atoms with Crippen molar-refractivity contribution in [2.45, 2.75) is 25.7 Å². The highest BCUT2D eigenvalue weighted by Crippen LogP contribution is 2.15. The Hall–Kier alpha value is -2.63. The predicted molar refractivity (Wildman–Crippen MR) is 81.4 cm³/mol. The van der Waals surface area contributed by atoms with Gasteiger partial charge in [0.25, 0.3) is 11.5 Å². The second-order valence-corrected chi connectivity index (χ2v) is 5.08. The first kappa shape index (κ1) is 13.4. The number of anilines is 1. The van der Waals surface area contributed by atoms with Crippen molar-refractivity contribution in [3.8, 4) is 0 Å². The number of guanidine groups is 1. The van der Waals surface area contributed by atoms with Gasteiger partial charge in [-0.1, -0.05) is 18.2 Å². The van der Waals surface area contributed by atoms with Gasteiger partial charge in [-0.3, -0.25) is 10.1 Å². The standard InChI is InChI=1S/C15H17N5O/c16-14(17-10-6-2-1-3-7-10)20-15-18-12-9-5-4-8-11(12)13(21)19-15/h1-3,6-7H,4-5,8-9H2,(H4,16,17,18,19,20,21)/p+1. The van der Waals surface area contributed by atoms with Gasteiger partial charge < -0.3 is 5.73 Å². The second kappa shape index (κ2) is 5.78. The smallest absolute Gasteiger partial charge is 0.322 e. The minimum absolute atomic E-state index is 0.0743. The first-order valence-electron chi connectivity index (χ1n) is 7.06. The molecule has 6 heteroatoms. The molecule has 6 nitrogen and oxygen atoms in total. The summed E-state index contributed by atoms with van der Waals surface area (Å²) in [6, 6.07) is 9.55. The molecule has 2 aromatic rings. The van der Waals surface area contributed by atoms with E-state index in [-0.39, 0.29) is 5.56 Å². The van der Waals surface area contributed by atoms with Gasteiger partial charge in [0.2, 0.25) is 0 Å². The van der Waals surface area contributed by atoms with Crippen LogP contribution in [0.25, 0.3) is 0 Å². The average Bonchev–Trinajstić information content (AvgIpc) is 2.48. The summed E-state index contributed by atoms with van der Waals surface area (Å²) in [4.78, 5) is 22.1. The molecule has 3 rings (SSSR count). The number of aryl methyl sites for hydroxylation is 1. The van der Waals surface area contributed by atoms with Crippen molar-refractivity contribution in [2.75, 3.05) is 5.32 Å². The number of para-hydroxylation sites is 1. The zero-order valence-corrected chi connectivity index (χ0v) is 11.6. The van der Waals surface area contributed by atoms with Gasteiger partial charge >= 0.3 is 5.95 Å². The summed E-state index contributed by atoms with van der Waals surface area (Å²) < 4.78 is 0. The van der Waals surface area contributed by atoms with Crippen molar-refractivity contribution in [1.29, 1.82) is 0 Å². The number of aromatic amines is 1. The van der Waals surface area contributed by atoms with E-state index in [1.165, 1.54) is 0 Å². The fraction of sp³-hybridized carbons (Fsp3) is 0.267. The van der Waals surface area contributed by atoms with Crippen LogP contribution >= 0.6 is 0 Å². The largest absolute Gasteiger partial charge is 0.325 e. The molecule has 1 aromatic heterocycles. The molecule has 21 heavy (non-hydrogen) atoms. The molecule has 0 atom stereocenters. The van der Waals surface area contributed by atoms with E-state index in [0.29, 0.717) is 11.9 Å². The number of benzene rings is 1. The van der Waals surface area contributed by atoms with Crippen molar-refractivity contribution < 1.29 is 4.99 Å². The van der Waals surface area contributed by atoms with Crippen LogP contribution in [0.2, 0.25) is 0 Å². The van der Waals surface area contributed by atoms with Crippen molar-refractivity contribution in [3.63, 3.8) is 0 Å². The van der Waals surface area contributed by atoms with Crippen LogP contribution in [-0.4, -0.2) is 15.9 Å². The van der Waals surface area contributed by atoms with Gasteiger partial charge in [0.1, 0.15) is 0 Å². The molecule has 0 bridgehead atoms. The quantitative estimate of drug-likeness (QED) is 0.453. The number of nitrogens with one attached hydrogen (secondary N) is 3. The summed E-state index contributed by atoms with van der Waals surface area (Å²) in [7, 11) is 0. The minimum Gasteiger partial charge on any atom is -0.322 e. The Balaban J connectivity index is 1.85. The minimum atomic E-state index is -0.0743. The van der Waals surface area contributed by atoms with E-state index < -0.39 is 0 Å². The SMILES string of the molecule is NC(Nc1ccccc1)=[NH+]c1nc2c(c(=O)[nH]1)CCCC2. The fourth-order valence-corrected chi connectivity index (χ4v) is 2.50. The third-order valence-corrected chi connectivity index (χ3v) is 3.50. The molecule has 0 saturated carbocycles. The van der Waals surface area contributed by atoms with Crippen LogP contribution in [0.15, 0.2) is 35.1 Å². The monoisotopic (exact) mass is 284 g/mol. The maximum Gasteiger partial charge on any atom is 0.325 e. The van der Waals surface area contributed by atoms with Crippen LogP contribution < -0.4 is 21.6 Å². The number of rotatable bonds is 2. The van der Waals surface area contributed by atoms with Crippen LogP contribution in [-0.2, 0) is 12.8 Å². The second-order valence-electron chi connectivity index (χ2n) is 5.08. The van der Waals surface area contributed by atoms with Gasteiger partial charge in [-0.2, -0.15) is 0 Å². The topological polar surface area (TPSA) is 97.8 Å². The van der Waals surface area contributed by atoms with Crippen molar-refractivity contribution in [3.05, 3.63) is 51.9 Å². The van der Waals surface area contributed by atoms with Crippen molar-refractivity contribution in [1.82, 2.24) is 9.97 Å². The van der Waals surface area contributed by atoms with Crippen LogP contribution in [0.5, 0.6) is 0 Å². The number of nitrogens with zero attached hydrogens (tertiary/aromatic N) is 1. The molecule has 0 saturated heterocycles. The first-order valence-corrected chi connectivity index (χ1v) is 7.06. The molecule has 1 aliphatic carbocycles. The molecule has 5 N–H and O–H groups in total. The molecule has 0 radical (unpaired) electrons. The van der Waals surface area contributed by atoms with Gasteiger partial charge in [-0.25, -0.2) is 9.98 Å². The van der Waals surface area contributed by atoms with Crippen LogP contribution in [0, 0.1) is 0 Å². The fourth-order valence-electron chi connectivity index (χ4n) is 2.50. The van der Waals surface area contributed by atoms with Crippen LogP contribution in [0.4, 0.5) is 11.6 Å². The predicted octanol–water partition coefficient (Wildman–Crippen LogP) is -0.212. The van der Waals surface area contributed by atoms with Crippen LogP contribution in [0.1, 0.15) is 24.1 Å². The lowest BCUT2D eigenvalue weighted by atomic mass is 9.97. The van der Waals surface area contributed by atoms with Gasteiger partial charge in [0.15, 0.2) is 0 Å². The lowest BCUT2D eigenvalue weighted by molar-refractivity contribution is -0.365. The number of fused-ring (bicyclic) bond motifs is 1. The van der Waals surface area contributed by atoms with Gasteiger partial charge in [-0.05, 0) is 37.8 Å². The Kier molecular flexibility index (Phi) is 3.68. The zero-order valence-electron chi connectivity index (χ0n) is 11.6. The van der Waals surface area contributed by atoms with E-state index in [4.69, 9.17) is 5.73 Å². The maximum atomic E-state index is 12.0. The zero-order chi connectivity index (χ0) is 14.7. The summed E-state index contributed by atoms with van der Waals surface area (Å²) in [5.41, 5.74) is 8.37. The lowest BCUT2D eigenvalue weighted by Gasteiger charge is -2.10. The molecule has 0 spiro atoms. The highest BCUT2D eigenvalue weighted by molar-refractivity contribution is 5.88. The Bertz CT molecular complexity index is 721. The molecule has 1 heterocycles. The van der Waals surface area contributed by atoms with E-state index in [2.05, 4.69) is 20.3 Å². The third kappa shape index (κ3) is 3.10. The van der Waals surface area contributed by atoms with E-state index in [1.54, 1.807) is 0 Å². The summed E-state index contributed by atoms with van der Waals surface area (Å²) >= 11 is 0. The maximum absolute atomic E-state index is 12.0. The Morgan fingerprint density at radius 3 is 2.81 bits per heavy atom. The lowest BCUT2D eigenvalue weighted by Crippen LogP contribution is -2.73. The highest BCUT2D eigenvalue weighted by Gasteiger charge is 2.18. The Labute approximate surface area is 122 Å². The molecule has 1 aromatic carbocycles. The van der Waals surface area contributed by atoms with Crippen molar-refractivity contribution >= 4 is 17.6 Å². The Morgan fingerprint density at radius 1 is 1.24 bits per heavy atom. The Morgan fingerprint density at radius 2 is 2.00 bits per heavy atom. The van der Waals surface area contributed by atoms with Gasteiger partial charge in [0, 0.05) is 0 Å². The van der Waals surface area contributed by atoms with Gasteiger partial charge in [-0.15, -0.1) is 4.98 Å². The highest BCUT2D eigenvalue weighted by atomic mass is 16.1. The molecule has 108 valence electrons. The number of H-pyrrole nitrogens is 1. The summed E-state index contributed by atoms with van der Waals surface area (Å²) in [6.45, 7) is 0.